The zero-order chi connectivity index (χ0) is 6.04. The molecule has 2 nitrogen and oxygen atoms in total. The van der Waals surface area contributed by atoms with Gasteiger partial charge in [0.05, 0.1) is 0 Å². The summed E-state index contributed by atoms with van der Waals surface area (Å²) in [4.78, 5) is 0. The van der Waals surface area contributed by atoms with Gasteiger partial charge in [-0.1, -0.05) is 0 Å². The zero-order valence-corrected chi connectivity index (χ0v) is 5.41. The second kappa shape index (κ2) is 2.03. The molecule has 3 N–H and O–H groups in total. The van der Waals surface area contributed by atoms with E-state index in [9.17, 15) is 0 Å². The maximum Gasteiger partial charge on any atom is 0.0177 e. The minimum atomic E-state index is 0.398. The van der Waals surface area contributed by atoms with Crippen LogP contribution in [0.15, 0.2) is 0 Å². The lowest BCUT2D eigenvalue weighted by molar-refractivity contribution is 0.220. The van der Waals surface area contributed by atoms with Gasteiger partial charge in [0.25, 0.3) is 0 Å². The topological polar surface area (TPSA) is 38.0 Å². The highest BCUT2D eigenvalue weighted by atomic mass is 15.0. The molecule has 1 rings (SSSR count). The number of hydrogen-bond acceptors (Lipinski definition) is 2. The molecular formula is C6H14N2. The van der Waals surface area contributed by atoms with Crippen molar-refractivity contribution in [3.63, 3.8) is 0 Å². The molecule has 0 radical (unpaired) electrons. The predicted molar refractivity (Wildman–Crippen MR) is 34.7 cm³/mol. The van der Waals surface area contributed by atoms with Crippen molar-refractivity contribution in [2.75, 3.05) is 13.1 Å². The van der Waals surface area contributed by atoms with Crippen LogP contribution in [0.3, 0.4) is 0 Å². The lowest BCUT2D eigenvalue weighted by Gasteiger charge is -2.39. The first-order chi connectivity index (χ1) is 3.77. The van der Waals surface area contributed by atoms with Gasteiger partial charge in [0, 0.05) is 5.54 Å². The van der Waals surface area contributed by atoms with Crippen LogP contribution >= 0.6 is 0 Å². The Morgan fingerprint density at radius 3 is 2.50 bits per heavy atom. The highest BCUT2D eigenvalue weighted by Crippen LogP contribution is 2.20. The minimum Gasteiger partial charge on any atom is -0.330 e. The largest absolute Gasteiger partial charge is 0.330 e. The molecule has 1 heterocycles. The quantitative estimate of drug-likeness (QED) is 0.534. The molecule has 0 aromatic rings. The Labute approximate surface area is 50.4 Å². The number of hydrogen-bond donors (Lipinski definition) is 2. The minimum absolute atomic E-state index is 0.398. The van der Waals surface area contributed by atoms with Gasteiger partial charge in [-0.15, -0.1) is 0 Å². The monoisotopic (exact) mass is 114 g/mol. The van der Waals surface area contributed by atoms with Crippen molar-refractivity contribution in [1.29, 1.82) is 0 Å². The molecule has 2 heteroatoms. The normalized spacial score (nSPS) is 36.8. The zero-order valence-electron chi connectivity index (χ0n) is 5.41. The summed E-state index contributed by atoms with van der Waals surface area (Å²) in [6.45, 7) is 4.21. The summed E-state index contributed by atoms with van der Waals surface area (Å²) < 4.78 is 0. The summed E-state index contributed by atoms with van der Waals surface area (Å²) in [7, 11) is 0. The Hall–Kier alpha value is -0.0800. The first-order valence-electron chi connectivity index (χ1n) is 3.22. The Bertz CT molecular complexity index is 76.6. The number of rotatable bonds is 2. The summed E-state index contributed by atoms with van der Waals surface area (Å²) in [5.41, 5.74) is 5.78. The lowest BCUT2D eigenvalue weighted by Crippen LogP contribution is -2.55. The summed E-state index contributed by atoms with van der Waals surface area (Å²) >= 11 is 0. The average molecular weight is 114 g/mol. The molecule has 1 atom stereocenters. The molecule has 0 amide bonds. The molecule has 48 valence electrons. The van der Waals surface area contributed by atoms with E-state index in [-0.39, 0.29) is 0 Å². The highest BCUT2D eigenvalue weighted by molar-refractivity contribution is 4.91. The molecule has 1 aliphatic heterocycles. The smallest absolute Gasteiger partial charge is 0.0177 e. The van der Waals surface area contributed by atoms with Crippen molar-refractivity contribution >= 4 is 0 Å². The fourth-order valence-electron chi connectivity index (χ4n) is 1.08. The van der Waals surface area contributed by atoms with Crippen molar-refractivity contribution in [3.8, 4) is 0 Å². The fourth-order valence-corrected chi connectivity index (χ4v) is 1.08. The Morgan fingerprint density at radius 2 is 2.38 bits per heavy atom. The second-order valence-corrected chi connectivity index (χ2v) is 2.78. The second-order valence-electron chi connectivity index (χ2n) is 2.78. The van der Waals surface area contributed by atoms with Gasteiger partial charge in [-0.25, -0.2) is 0 Å². The van der Waals surface area contributed by atoms with E-state index < -0.39 is 0 Å². The first-order valence-corrected chi connectivity index (χ1v) is 3.22. The van der Waals surface area contributed by atoms with Gasteiger partial charge >= 0.3 is 0 Å². The van der Waals surface area contributed by atoms with Crippen LogP contribution < -0.4 is 11.1 Å². The van der Waals surface area contributed by atoms with Crippen molar-refractivity contribution in [2.24, 2.45) is 5.73 Å². The summed E-state index contributed by atoms with van der Waals surface area (Å²) in [6.07, 6.45) is 2.41. The van der Waals surface area contributed by atoms with E-state index in [4.69, 9.17) is 5.73 Å². The van der Waals surface area contributed by atoms with E-state index in [1.165, 1.54) is 13.0 Å². The van der Waals surface area contributed by atoms with Gasteiger partial charge in [0.15, 0.2) is 0 Å². The average Bonchev–Trinajstić information content (AvgIpc) is 1.64. The van der Waals surface area contributed by atoms with Crippen LogP contribution in [-0.2, 0) is 0 Å². The molecule has 0 saturated carbocycles. The SMILES string of the molecule is CC1(CCN)CCN1. The van der Waals surface area contributed by atoms with E-state index in [1.807, 2.05) is 0 Å². The van der Waals surface area contributed by atoms with Crippen LogP contribution in [0.5, 0.6) is 0 Å². The Kier molecular flexibility index (Phi) is 1.54. The third kappa shape index (κ3) is 1.01. The van der Waals surface area contributed by atoms with Gasteiger partial charge < -0.3 is 11.1 Å². The molecule has 1 aliphatic rings. The van der Waals surface area contributed by atoms with Crippen LogP contribution in [0.4, 0.5) is 0 Å². The molecular weight excluding hydrogens is 100 g/mol. The molecule has 0 spiro atoms. The van der Waals surface area contributed by atoms with Gasteiger partial charge in [-0.3, -0.25) is 0 Å². The van der Waals surface area contributed by atoms with Crippen LogP contribution in [0.1, 0.15) is 19.8 Å². The first kappa shape index (κ1) is 6.05. The molecule has 0 aromatic carbocycles. The van der Waals surface area contributed by atoms with E-state index in [0.717, 1.165) is 13.0 Å². The summed E-state index contributed by atoms with van der Waals surface area (Å²) in [5.74, 6) is 0. The molecule has 1 unspecified atom stereocenters. The lowest BCUT2D eigenvalue weighted by atomic mass is 9.87. The van der Waals surface area contributed by atoms with Crippen molar-refractivity contribution in [3.05, 3.63) is 0 Å². The fraction of sp³-hybridized carbons (Fsp3) is 1.00. The van der Waals surface area contributed by atoms with E-state index in [1.54, 1.807) is 0 Å². The third-order valence-electron chi connectivity index (χ3n) is 1.92. The Balaban J connectivity index is 2.20. The number of nitrogens with one attached hydrogen (secondary N) is 1. The van der Waals surface area contributed by atoms with Crippen LogP contribution in [0.2, 0.25) is 0 Å². The maximum atomic E-state index is 5.38. The Morgan fingerprint density at radius 1 is 1.75 bits per heavy atom. The molecule has 0 bridgehead atoms. The van der Waals surface area contributed by atoms with Gasteiger partial charge in [0.2, 0.25) is 0 Å². The van der Waals surface area contributed by atoms with Crippen molar-refractivity contribution in [1.82, 2.24) is 5.32 Å². The molecule has 0 aromatic heterocycles. The molecule has 1 fully saturated rings. The van der Waals surface area contributed by atoms with Crippen LogP contribution in [0, 0.1) is 0 Å². The van der Waals surface area contributed by atoms with E-state index in [0.29, 0.717) is 5.54 Å². The predicted octanol–water partition coefficient (Wildman–Crippen LogP) is 0.0872. The van der Waals surface area contributed by atoms with E-state index in [2.05, 4.69) is 12.2 Å². The van der Waals surface area contributed by atoms with Gasteiger partial charge in [0.1, 0.15) is 0 Å². The maximum absolute atomic E-state index is 5.38. The molecule has 1 saturated heterocycles. The third-order valence-corrected chi connectivity index (χ3v) is 1.92. The van der Waals surface area contributed by atoms with Crippen molar-refractivity contribution < 1.29 is 0 Å². The molecule has 8 heavy (non-hydrogen) atoms. The van der Waals surface area contributed by atoms with Crippen LogP contribution in [-0.4, -0.2) is 18.6 Å². The standard InChI is InChI=1S/C6H14N2/c1-6(2-4-7)3-5-8-6/h8H,2-5,7H2,1H3. The van der Waals surface area contributed by atoms with Gasteiger partial charge in [-0.05, 0) is 32.9 Å². The van der Waals surface area contributed by atoms with Gasteiger partial charge in [-0.2, -0.15) is 0 Å². The highest BCUT2D eigenvalue weighted by Gasteiger charge is 2.29. The number of nitrogens with two attached hydrogens (primary N) is 1. The molecule has 0 aliphatic carbocycles. The summed E-state index contributed by atoms with van der Waals surface area (Å²) in [6, 6.07) is 0. The van der Waals surface area contributed by atoms with Crippen molar-refractivity contribution in [2.45, 2.75) is 25.3 Å². The van der Waals surface area contributed by atoms with Crippen LogP contribution in [0.25, 0.3) is 0 Å². The summed E-state index contributed by atoms with van der Waals surface area (Å²) in [5, 5.41) is 3.34. The van der Waals surface area contributed by atoms with E-state index >= 15 is 0 Å².